The van der Waals surface area contributed by atoms with Crippen LogP contribution in [0.2, 0.25) is 0 Å². The van der Waals surface area contributed by atoms with Crippen molar-refractivity contribution < 1.29 is 27.5 Å². The summed E-state index contributed by atoms with van der Waals surface area (Å²) in [5.41, 5.74) is 1.20. The van der Waals surface area contributed by atoms with Crippen LogP contribution in [0.5, 0.6) is 5.75 Å². The second-order valence-electron chi connectivity index (χ2n) is 8.87. The van der Waals surface area contributed by atoms with Crippen LogP contribution in [0.3, 0.4) is 0 Å². The van der Waals surface area contributed by atoms with Crippen molar-refractivity contribution in [3.05, 3.63) is 72.2 Å². The highest BCUT2D eigenvalue weighted by molar-refractivity contribution is 5.99. The maximum atomic E-state index is 12.9. The van der Waals surface area contributed by atoms with Crippen molar-refractivity contribution in [2.75, 3.05) is 36.8 Å². The number of carbonyl (C=O) groups excluding carboxylic acids is 2. The number of halogens is 3. The molecule has 3 N–H and O–H groups in total. The van der Waals surface area contributed by atoms with Crippen LogP contribution < -0.4 is 20.7 Å². The Hall–Kier alpha value is -4.06. The van der Waals surface area contributed by atoms with Crippen molar-refractivity contribution in [1.29, 1.82) is 0 Å². The minimum Gasteiger partial charge on any atom is -0.406 e. The Labute approximate surface area is 218 Å². The largest absolute Gasteiger partial charge is 0.573 e. The Morgan fingerprint density at radius 3 is 2.37 bits per heavy atom. The number of nitrogens with one attached hydrogen (secondary N) is 3. The van der Waals surface area contributed by atoms with Crippen molar-refractivity contribution in [2.24, 2.45) is 0 Å². The number of rotatable bonds is 10. The quantitative estimate of drug-likeness (QED) is 0.330. The topological polar surface area (TPSA) is 101 Å². The van der Waals surface area contributed by atoms with E-state index >= 15 is 0 Å². The first-order chi connectivity index (χ1) is 18.2. The fourth-order valence-corrected chi connectivity index (χ4v) is 4.17. The van der Waals surface area contributed by atoms with Crippen molar-refractivity contribution in [3.63, 3.8) is 0 Å². The van der Waals surface area contributed by atoms with E-state index in [1.54, 1.807) is 10.8 Å². The van der Waals surface area contributed by atoms with Crippen LogP contribution in [0.25, 0.3) is 0 Å². The summed E-state index contributed by atoms with van der Waals surface area (Å²) in [6.07, 6.45) is 0.00898. The Kier molecular flexibility index (Phi) is 8.85. The summed E-state index contributed by atoms with van der Waals surface area (Å²) in [6, 6.07) is 13.6. The molecule has 3 amide bonds. The van der Waals surface area contributed by atoms with E-state index in [-0.39, 0.29) is 23.2 Å². The molecule has 38 heavy (non-hydrogen) atoms. The molecule has 3 aromatic rings. The fourth-order valence-electron chi connectivity index (χ4n) is 4.17. The number of hydrogen-bond acceptors (Lipinski definition) is 5. The number of alkyl halides is 3. The fraction of sp³-hybridized carbons (Fsp3) is 0.346. The molecular weight excluding hydrogens is 501 g/mol. The molecule has 1 saturated heterocycles. The number of ether oxygens (including phenoxy) is 1. The third-order valence-corrected chi connectivity index (χ3v) is 5.90. The first kappa shape index (κ1) is 27.0. The van der Waals surface area contributed by atoms with E-state index in [4.69, 9.17) is 0 Å². The molecule has 9 nitrogen and oxygen atoms in total. The van der Waals surface area contributed by atoms with Gasteiger partial charge in [0, 0.05) is 25.0 Å². The Morgan fingerprint density at radius 2 is 1.68 bits per heavy atom. The van der Waals surface area contributed by atoms with Gasteiger partial charge in [0.05, 0.1) is 0 Å². The van der Waals surface area contributed by atoms with Gasteiger partial charge in [-0.25, -0.2) is 9.78 Å². The molecule has 1 aromatic heterocycles. The van der Waals surface area contributed by atoms with Gasteiger partial charge in [-0.1, -0.05) is 30.3 Å². The molecule has 202 valence electrons. The molecule has 2 heterocycles. The lowest BCUT2D eigenvalue weighted by Gasteiger charge is -2.14. The highest BCUT2D eigenvalue weighted by Crippen LogP contribution is 2.24. The van der Waals surface area contributed by atoms with Crippen LogP contribution in [0, 0.1) is 0 Å². The molecule has 0 spiro atoms. The monoisotopic (exact) mass is 530 g/mol. The second-order valence-corrected chi connectivity index (χ2v) is 8.87. The van der Waals surface area contributed by atoms with Crippen molar-refractivity contribution in [1.82, 2.24) is 19.8 Å². The van der Waals surface area contributed by atoms with E-state index in [0.717, 1.165) is 43.8 Å². The highest BCUT2D eigenvalue weighted by Gasteiger charge is 2.31. The predicted molar refractivity (Wildman–Crippen MR) is 136 cm³/mol. The normalized spacial score (nSPS) is 13.8. The average molecular weight is 531 g/mol. The molecule has 0 bridgehead atoms. The third-order valence-electron chi connectivity index (χ3n) is 5.90. The van der Waals surface area contributed by atoms with Crippen LogP contribution in [0.4, 0.5) is 29.5 Å². The highest BCUT2D eigenvalue weighted by atomic mass is 19.4. The minimum atomic E-state index is -4.80. The second kappa shape index (κ2) is 12.5. The Morgan fingerprint density at radius 1 is 0.974 bits per heavy atom. The average Bonchev–Trinajstić information content (AvgIpc) is 3.53. The maximum absolute atomic E-state index is 12.9. The van der Waals surface area contributed by atoms with Gasteiger partial charge >= 0.3 is 12.4 Å². The number of likely N-dealkylation sites (tertiary alicyclic amines) is 1. The zero-order valence-corrected chi connectivity index (χ0v) is 20.6. The standard InChI is InChI=1S/C26H29F3N6O3/c27-26(28,29)38-21-11-9-20(10-12-21)31-25(37)33-22-18-35(17-19-7-2-1-3-8-19)23(32-22)24(36)30-13-6-16-34-14-4-5-15-34/h1-3,7-12,18H,4-6,13-17H2,(H,30,36)(H2,31,33,37). The first-order valence-electron chi connectivity index (χ1n) is 12.3. The lowest BCUT2D eigenvalue weighted by molar-refractivity contribution is -0.274. The molecule has 2 aromatic carbocycles. The van der Waals surface area contributed by atoms with Gasteiger partial charge < -0.3 is 24.8 Å². The van der Waals surface area contributed by atoms with Gasteiger partial charge in [-0.2, -0.15) is 0 Å². The molecule has 1 aliphatic heterocycles. The van der Waals surface area contributed by atoms with Crippen LogP contribution in [0.1, 0.15) is 35.4 Å². The van der Waals surface area contributed by atoms with E-state index in [1.807, 2.05) is 30.3 Å². The van der Waals surface area contributed by atoms with E-state index in [9.17, 15) is 22.8 Å². The summed E-state index contributed by atoms with van der Waals surface area (Å²) < 4.78 is 42.5. The lowest BCUT2D eigenvalue weighted by atomic mass is 10.2. The lowest BCUT2D eigenvalue weighted by Crippen LogP contribution is -2.30. The number of urea groups is 1. The van der Waals surface area contributed by atoms with E-state index in [1.165, 1.54) is 25.0 Å². The summed E-state index contributed by atoms with van der Waals surface area (Å²) in [5, 5.41) is 7.99. The first-order valence-corrected chi connectivity index (χ1v) is 12.3. The molecule has 12 heteroatoms. The van der Waals surface area contributed by atoms with Crippen LogP contribution in [-0.2, 0) is 6.54 Å². The Balaban J connectivity index is 1.38. The summed E-state index contributed by atoms with van der Waals surface area (Å²) in [7, 11) is 0. The molecule has 4 rings (SSSR count). The van der Waals surface area contributed by atoms with E-state index in [2.05, 4.69) is 30.6 Å². The molecule has 0 atom stereocenters. The maximum Gasteiger partial charge on any atom is 0.573 e. The number of hydrogen-bond donors (Lipinski definition) is 3. The summed E-state index contributed by atoms with van der Waals surface area (Å²) in [5.74, 6) is -0.452. The third kappa shape index (κ3) is 8.23. The summed E-state index contributed by atoms with van der Waals surface area (Å²) in [4.78, 5) is 32.1. The minimum absolute atomic E-state index is 0.151. The molecular formula is C26H29F3N6O3. The molecule has 0 saturated carbocycles. The summed E-state index contributed by atoms with van der Waals surface area (Å²) in [6.45, 7) is 3.99. The van der Waals surface area contributed by atoms with Gasteiger partial charge in [-0.3, -0.25) is 10.1 Å². The Bertz CT molecular complexity index is 1210. The number of imidazole rings is 1. The van der Waals surface area contributed by atoms with Crippen molar-refractivity contribution >= 4 is 23.4 Å². The summed E-state index contributed by atoms with van der Waals surface area (Å²) >= 11 is 0. The van der Waals surface area contributed by atoms with Gasteiger partial charge in [-0.15, -0.1) is 13.2 Å². The van der Waals surface area contributed by atoms with E-state index < -0.39 is 18.1 Å². The van der Waals surface area contributed by atoms with E-state index in [0.29, 0.717) is 13.1 Å². The SMILES string of the molecule is O=C(Nc1ccc(OC(F)(F)F)cc1)Nc1cn(Cc2ccccc2)c(C(=O)NCCCN2CCCC2)n1. The molecule has 0 unspecified atom stereocenters. The van der Waals surface area contributed by atoms with Crippen molar-refractivity contribution in [2.45, 2.75) is 32.2 Å². The zero-order valence-electron chi connectivity index (χ0n) is 20.6. The number of nitrogens with zero attached hydrogens (tertiary/aromatic N) is 3. The predicted octanol–water partition coefficient (Wildman–Crippen LogP) is 4.69. The number of benzene rings is 2. The molecule has 0 aliphatic carbocycles. The van der Waals surface area contributed by atoms with Crippen LogP contribution in [-0.4, -0.2) is 58.9 Å². The van der Waals surface area contributed by atoms with Gasteiger partial charge in [-0.05, 0) is 68.7 Å². The van der Waals surface area contributed by atoms with Gasteiger partial charge in [0.25, 0.3) is 5.91 Å². The van der Waals surface area contributed by atoms with Crippen molar-refractivity contribution in [3.8, 4) is 5.75 Å². The zero-order chi connectivity index (χ0) is 27.0. The van der Waals surface area contributed by atoms with Gasteiger partial charge in [0.1, 0.15) is 5.75 Å². The number of anilines is 2. The molecule has 1 aliphatic rings. The number of aromatic nitrogens is 2. The molecule has 1 fully saturated rings. The van der Waals surface area contributed by atoms with Crippen LogP contribution >= 0.6 is 0 Å². The van der Waals surface area contributed by atoms with Gasteiger partial charge in [0.15, 0.2) is 5.82 Å². The number of amides is 3. The van der Waals surface area contributed by atoms with Crippen LogP contribution in [0.15, 0.2) is 60.8 Å². The number of carbonyl (C=O) groups is 2. The van der Waals surface area contributed by atoms with Gasteiger partial charge in [0.2, 0.25) is 5.82 Å². The smallest absolute Gasteiger partial charge is 0.406 e. The molecule has 0 radical (unpaired) electrons.